The first-order valence-corrected chi connectivity index (χ1v) is 12.5. The monoisotopic (exact) mass is 505 g/mol. The second kappa shape index (κ2) is 14.4. The van der Waals surface area contributed by atoms with Crippen molar-refractivity contribution < 1.29 is 29.4 Å². The first kappa shape index (κ1) is 29.1. The Labute approximate surface area is 211 Å². The summed E-state index contributed by atoms with van der Waals surface area (Å²) in [5.41, 5.74) is 6.19. The van der Waals surface area contributed by atoms with Crippen molar-refractivity contribution in [2.45, 2.75) is 76.5 Å². The highest BCUT2D eigenvalue weighted by Gasteiger charge is 2.32. The molecule has 1 fully saturated rings. The lowest BCUT2D eigenvalue weighted by Gasteiger charge is -2.27. The minimum absolute atomic E-state index is 0.00385. The molecule has 4 atom stereocenters. The van der Waals surface area contributed by atoms with Gasteiger partial charge in [-0.1, -0.05) is 26.0 Å². The number of aliphatic carboxylic acids is 1. The van der Waals surface area contributed by atoms with E-state index in [1.807, 2.05) is 0 Å². The molecule has 200 valence electrons. The predicted octanol–water partition coefficient (Wildman–Crippen LogP) is 0.0107. The molecule has 0 bridgehead atoms. The van der Waals surface area contributed by atoms with Gasteiger partial charge >= 0.3 is 5.97 Å². The van der Waals surface area contributed by atoms with E-state index in [2.05, 4.69) is 21.3 Å². The van der Waals surface area contributed by atoms with E-state index in [9.17, 15) is 29.4 Å². The molecule has 11 heteroatoms. The number of nitrogens with two attached hydrogens (primary N) is 1. The van der Waals surface area contributed by atoms with Crippen LogP contribution in [0.25, 0.3) is 0 Å². The van der Waals surface area contributed by atoms with Crippen LogP contribution in [0.15, 0.2) is 24.3 Å². The van der Waals surface area contributed by atoms with Gasteiger partial charge < -0.3 is 37.2 Å². The molecule has 8 N–H and O–H groups in total. The van der Waals surface area contributed by atoms with Crippen LogP contribution in [0.4, 0.5) is 0 Å². The van der Waals surface area contributed by atoms with Gasteiger partial charge in [-0.05, 0) is 68.8 Å². The first-order chi connectivity index (χ1) is 17.1. The highest BCUT2D eigenvalue weighted by molar-refractivity contribution is 5.94. The second-order valence-electron chi connectivity index (χ2n) is 9.49. The number of hydrogen-bond donors (Lipinski definition) is 7. The summed E-state index contributed by atoms with van der Waals surface area (Å²) >= 11 is 0. The molecule has 2 rings (SSSR count). The first-order valence-electron chi connectivity index (χ1n) is 12.5. The molecular formula is C25H39N5O6. The third kappa shape index (κ3) is 9.12. The predicted molar refractivity (Wildman–Crippen MR) is 134 cm³/mol. The Morgan fingerprint density at radius 3 is 2.25 bits per heavy atom. The van der Waals surface area contributed by atoms with Crippen molar-refractivity contribution in [3.05, 3.63) is 29.8 Å². The molecule has 1 saturated heterocycles. The molecular weight excluding hydrogens is 466 g/mol. The third-order valence-corrected chi connectivity index (χ3v) is 6.19. The lowest BCUT2D eigenvalue weighted by atomic mass is 10.0. The van der Waals surface area contributed by atoms with Gasteiger partial charge in [-0.3, -0.25) is 14.4 Å². The zero-order valence-electron chi connectivity index (χ0n) is 21.0. The molecule has 1 aliphatic rings. The molecule has 0 spiro atoms. The van der Waals surface area contributed by atoms with Gasteiger partial charge in [-0.2, -0.15) is 0 Å². The zero-order chi connectivity index (χ0) is 26.7. The van der Waals surface area contributed by atoms with E-state index in [1.165, 1.54) is 12.1 Å². The Hall–Kier alpha value is -3.18. The Kier molecular flexibility index (Phi) is 11.6. The van der Waals surface area contributed by atoms with E-state index in [4.69, 9.17) is 5.73 Å². The number of aromatic hydroxyl groups is 1. The normalized spacial score (nSPS) is 17.7. The van der Waals surface area contributed by atoms with Crippen LogP contribution in [0.1, 0.15) is 51.5 Å². The largest absolute Gasteiger partial charge is 0.508 e. The van der Waals surface area contributed by atoms with E-state index in [-0.39, 0.29) is 36.5 Å². The number of hydrogen-bond acceptors (Lipinski definition) is 7. The Morgan fingerprint density at radius 1 is 1.03 bits per heavy atom. The molecule has 0 saturated carbocycles. The second-order valence-corrected chi connectivity index (χ2v) is 9.49. The molecule has 1 aromatic rings. The van der Waals surface area contributed by atoms with Gasteiger partial charge in [0.2, 0.25) is 17.7 Å². The summed E-state index contributed by atoms with van der Waals surface area (Å²) < 4.78 is 0. The van der Waals surface area contributed by atoms with Crippen LogP contribution in [0.5, 0.6) is 5.75 Å². The number of carboxylic acid groups (broad SMARTS) is 1. The number of amides is 3. The number of benzene rings is 1. The number of carboxylic acids is 1. The number of phenols is 1. The summed E-state index contributed by atoms with van der Waals surface area (Å²) in [6.45, 7) is 4.76. The van der Waals surface area contributed by atoms with Crippen molar-refractivity contribution in [1.29, 1.82) is 0 Å². The van der Waals surface area contributed by atoms with Crippen LogP contribution in [-0.4, -0.2) is 71.2 Å². The zero-order valence-corrected chi connectivity index (χ0v) is 21.0. The highest BCUT2D eigenvalue weighted by atomic mass is 16.4. The number of unbranched alkanes of at least 4 members (excludes halogenated alkanes) is 1. The molecule has 1 aliphatic heterocycles. The topological polar surface area (TPSA) is 183 Å². The number of carbonyl (C=O) groups excluding carboxylic acids is 3. The van der Waals surface area contributed by atoms with Gasteiger partial charge in [0.1, 0.15) is 23.9 Å². The highest BCUT2D eigenvalue weighted by Crippen LogP contribution is 2.13. The molecule has 3 amide bonds. The van der Waals surface area contributed by atoms with E-state index in [0.717, 1.165) is 13.0 Å². The number of rotatable bonds is 14. The fraction of sp³-hybridized carbons (Fsp3) is 0.600. The SMILES string of the molecule is CC(C)C(NC(=O)C1CCCN1)C(=O)NC(CCCCN)C(=O)NC(Cc1ccc(O)cc1)C(=O)O. The van der Waals surface area contributed by atoms with Crippen molar-refractivity contribution in [2.75, 3.05) is 13.1 Å². The van der Waals surface area contributed by atoms with Crippen LogP contribution in [0.2, 0.25) is 0 Å². The van der Waals surface area contributed by atoms with Gasteiger partial charge in [-0.15, -0.1) is 0 Å². The molecule has 0 aromatic heterocycles. The van der Waals surface area contributed by atoms with Gasteiger partial charge in [0.05, 0.1) is 6.04 Å². The fourth-order valence-corrected chi connectivity index (χ4v) is 4.06. The van der Waals surface area contributed by atoms with E-state index in [1.54, 1.807) is 26.0 Å². The lowest BCUT2D eigenvalue weighted by Crippen LogP contribution is -2.58. The van der Waals surface area contributed by atoms with Gasteiger partial charge in [0, 0.05) is 6.42 Å². The maximum Gasteiger partial charge on any atom is 0.326 e. The summed E-state index contributed by atoms with van der Waals surface area (Å²) in [5.74, 6) is -2.80. The fourth-order valence-electron chi connectivity index (χ4n) is 4.06. The van der Waals surface area contributed by atoms with Gasteiger partial charge in [0.15, 0.2) is 0 Å². The maximum atomic E-state index is 13.1. The van der Waals surface area contributed by atoms with Crippen LogP contribution in [-0.2, 0) is 25.6 Å². The molecule has 11 nitrogen and oxygen atoms in total. The summed E-state index contributed by atoms with van der Waals surface area (Å²) in [6, 6.07) is 2.61. The lowest BCUT2D eigenvalue weighted by molar-refractivity contribution is -0.142. The van der Waals surface area contributed by atoms with Gasteiger partial charge in [0.25, 0.3) is 0 Å². The number of phenolic OH excluding ortho intramolecular Hbond substituents is 1. The summed E-state index contributed by atoms with van der Waals surface area (Å²) in [6.07, 6.45) is 3.03. The minimum Gasteiger partial charge on any atom is -0.508 e. The Morgan fingerprint density at radius 2 is 1.69 bits per heavy atom. The van der Waals surface area contributed by atoms with Crippen LogP contribution in [0.3, 0.4) is 0 Å². The molecule has 1 heterocycles. The Bertz CT molecular complexity index is 885. The third-order valence-electron chi connectivity index (χ3n) is 6.19. The molecule has 1 aromatic carbocycles. The smallest absolute Gasteiger partial charge is 0.326 e. The molecule has 0 aliphatic carbocycles. The molecule has 4 unspecified atom stereocenters. The average Bonchev–Trinajstić information content (AvgIpc) is 3.37. The van der Waals surface area contributed by atoms with E-state index in [0.29, 0.717) is 31.4 Å². The standard InChI is InChI=1S/C25H39N5O6/c1-15(2)21(30-22(32)18-7-5-13-27-18)24(34)28-19(6-3-4-12-26)23(33)29-20(25(35)36)14-16-8-10-17(31)11-9-16/h8-11,15,18-21,27,31H,3-7,12-14,26H2,1-2H3,(H,28,34)(H,29,33)(H,30,32)(H,35,36). The van der Waals surface area contributed by atoms with Crippen molar-refractivity contribution in [2.24, 2.45) is 11.7 Å². The van der Waals surface area contributed by atoms with Crippen molar-refractivity contribution in [1.82, 2.24) is 21.3 Å². The average molecular weight is 506 g/mol. The quantitative estimate of drug-likeness (QED) is 0.173. The maximum absolute atomic E-state index is 13.1. The summed E-state index contributed by atoms with van der Waals surface area (Å²) in [4.78, 5) is 50.6. The van der Waals surface area contributed by atoms with Crippen LogP contribution >= 0.6 is 0 Å². The molecule has 36 heavy (non-hydrogen) atoms. The van der Waals surface area contributed by atoms with E-state index < -0.39 is 35.9 Å². The van der Waals surface area contributed by atoms with Crippen LogP contribution < -0.4 is 27.0 Å². The number of nitrogens with one attached hydrogen (secondary N) is 4. The van der Waals surface area contributed by atoms with Gasteiger partial charge in [-0.25, -0.2) is 4.79 Å². The van der Waals surface area contributed by atoms with E-state index >= 15 is 0 Å². The van der Waals surface area contributed by atoms with Crippen molar-refractivity contribution in [3.63, 3.8) is 0 Å². The van der Waals surface area contributed by atoms with Crippen molar-refractivity contribution >= 4 is 23.7 Å². The minimum atomic E-state index is -1.23. The summed E-state index contributed by atoms with van der Waals surface area (Å²) in [5, 5.41) is 30.2. The van der Waals surface area contributed by atoms with Crippen LogP contribution in [0, 0.1) is 5.92 Å². The van der Waals surface area contributed by atoms with Crippen molar-refractivity contribution in [3.8, 4) is 5.75 Å². The Balaban J connectivity index is 2.10. The molecule has 0 radical (unpaired) electrons. The summed E-state index contributed by atoms with van der Waals surface area (Å²) in [7, 11) is 0. The number of carbonyl (C=O) groups is 4.